The first kappa shape index (κ1) is 14.7. The third-order valence-electron chi connectivity index (χ3n) is 3.24. The highest BCUT2D eigenvalue weighted by Gasteiger charge is 2.19. The zero-order valence-corrected chi connectivity index (χ0v) is 12.3. The summed E-state index contributed by atoms with van der Waals surface area (Å²) in [5, 5.41) is 0. The van der Waals surface area contributed by atoms with Crippen molar-refractivity contribution in [3.05, 3.63) is 28.8 Å². The van der Waals surface area contributed by atoms with Gasteiger partial charge in [0.05, 0.1) is 6.54 Å². The van der Waals surface area contributed by atoms with Crippen molar-refractivity contribution in [2.45, 2.75) is 40.0 Å². The number of aryl methyl sites for hydroxylation is 2. The van der Waals surface area contributed by atoms with Gasteiger partial charge in [0.1, 0.15) is 0 Å². The summed E-state index contributed by atoms with van der Waals surface area (Å²) in [6, 6.07) is 4.31. The number of benzene rings is 1. The molecule has 18 heavy (non-hydrogen) atoms. The van der Waals surface area contributed by atoms with Crippen molar-refractivity contribution in [3.8, 4) is 0 Å². The molecule has 100 valence electrons. The Morgan fingerprint density at radius 3 is 2.00 bits per heavy atom. The summed E-state index contributed by atoms with van der Waals surface area (Å²) < 4.78 is 0. The van der Waals surface area contributed by atoms with E-state index in [9.17, 15) is 4.79 Å². The lowest BCUT2D eigenvalue weighted by atomic mass is 9.84. The van der Waals surface area contributed by atoms with Crippen LogP contribution in [-0.4, -0.2) is 19.5 Å². The van der Waals surface area contributed by atoms with E-state index in [0.29, 0.717) is 0 Å². The number of nitrogens with two attached hydrogens (primary N) is 1. The van der Waals surface area contributed by atoms with E-state index in [1.807, 2.05) is 13.8 Å². The van der Waals surface area contributed by atoms with Gasteiger partial charge in [0.25, 0.3) is 0 Å². The van der Waals surface area contributed by atoms with Gasteiger partial charge in [-0.15, -0.1) is 0 Å². The zero-order valence-electron chi connectivity index (χ0n) is 12.3. The van der Waals surface area contributed by atoms with Crippen LogP contribution in [0, 0.1) is 13.8 Å². The Morgan fingerprint density at radius 1 is 1.22 bits per heavy atom. The van der Waals surface area contributed by atoms with Gasteiger partial charge in [0.15, 0.2) is 0 Å². The fourth-order valence-electron chi connectivity index (χ4n) is 2.18. The van der Waals surface area contributed by atoms with Crippen LogP contribution in [0.4, 0.5) is 5.69 Å². The first-order chi connectivity index (χ1) is 8.18. The monoisotopic (exact) mass is 248 g/mol. The van der Waals surface area contributed by atoms with E-state index < -0.39 is 0 Å². The number of carbonyl (C=O) groups excluding carboxylic acids is 1. The van der Waals surface area contributed by atoms with Gasteiger partial charge in [0.2, 0.25) is 5.91 Å². The van der Waals surface area contributed by atoms with Crippen molar-refractivity contribution in [1.82, 2.24) is 0 Å². The highest BCUT2D eigenvalue weighted by atomic mass is 16.2. The molecule has 1 amide bonds. The summed E-state index contributed by atoms with van der Waals surface area (Å²) >= 11 is 0. The first-order valence-corrected chi connectivity index (χ1v) is 6.27. The van der Waals surface area contributed by atoms with Crippen LogP contribution in [0.3, 0.4) is 0 Å². The Kier molecular flexibility index (Phi) is 4.17. The summed E-state index contributed by atoms with van der Waals surface area (Å²) in [5.41, 5.74) is 10.0. The smallest absolute Gasteiger partial charge is 0.240 e. The number of hydrogen-bond donors (Lipinski definition) is 1. The highest BCUT2D eigenvalue weighted by Crippen LogP contribution is 2.31. The van der Waals surface area contributed by atoms with Gasteiger partial charge >= 0.3 is 0 Å². The van der Waals surface area contributed by atoms with E-state index in [1.165, 1.54) is 5.56 Å². The van der Waals surface area contributed by atoms with Crippen molar-refractivity contribution in [2.24, 2.45) is 5.73 Å². The van der Waals surface area contributed by atoms with Crippen molar-refractivity contribution in [3.63, 3.8) is 0 Å². The Labute approximate surface area is 110 Å². The molecular weight excluding hydrogens is 224 g/mol. The molecule has 0 aromatic heterocycles. The van der Waals surface area contributed by atoms with E-state index in [0.717, 1.165) is 16.8 Å². The predicted molar refractivity (Wildman–Crippen MR) is 77.1 cm³/mol. The molecule has 0 heterocycles. The van der Waals surface area contributed by atoms with Crippen molar-refractivity contribution in [2.75, 3.05) is 18.5 Å². The van der Waals surface area contributed by atoms with Gasteiger partial charge < -0.3 is 10.6 Å². The Bertz CT molecular complexity index is 435. The maximum atomic E-state index is 11.7. The Hall–Kier alpha value is -1.35. The molecule has 0 atom stereocenters. The number of anilines is 1. The summed E-state index contributed by atoms with van der Waals surface area (Å²) in [7, 11) is 1.78. The van der Waals surface area contributed by atoms with Gasteiger partial charge in [-0.25, -0.2) is 0 Å². The minimum atomic E-state index is -0.0651. The molecule has 0 aliphatic carbocycles. The molecule has 0 aliphatic rings. The third kappa shape index (κ3) is 2.91. The SMILES string of the molecule is Cc1cc(C(C)(C)C)cc(C)c1N(C)C(=O)CN. The minimum Gasteiger partial charge on any atom is -0.322 e. The molecular formula is C15H24N2O. The van der Waals surface area contributed by atoms with Gasteiger partial charge in [-0.3, -0.25) is 4.79 Å². The summed E-state index contributed by atoms with van der Waals surface area (Å²) in [5.74, 6) is -0.0651. The van der Waals surface area contributed by atoms with Crippen LogP contribution >= 0.6 is 0 Å². The predicted octanol–water partition coefficient (Wildman–Crippen LogP) is 2.52. The van der Waals surface area contributed by atoms with Crippen LogP contribution in [0.15, 0.2) is 12.1 Å². The van der Waals surface area contributed by atoms with Crippen LogP contribution in [-0.2, 0) is 10.2 Å². The average Bonchev–Trinajstić information content (AvgIpc) is 2.25. The molecule has 1 aromatic rings. The molecule has 1 aromatic carbocycles. The molecule has 0 bridgehead atoms. The third-order valence-corrected chi connectivity index (χ3v) is 3.24. The molecule has 0 radical (unpaired) electrons. The maximum absolute atomic E-state index is 11.7. The summed E-state index contributed by atoms with van der Waals surface area (Å²) in [4.78, 5) is 13.3. The van der Waals surface area contributed by atoms with Gasteiger partial charge in [0, 0.05) is 12.7 Å². The van der Waals surface area contributed by atoms with E-state index in [4.69, 9.17) is 5.73 Å². The second-order valence-corrected chi connectivity index (χ2v) is 5.87. The zero-order chi connectivity index (χ0) is 14.1. The van der Waals surface area contributed by atoms with Crippen molar-refractivity contribution in [1.29, 1.82) is 0 Å². The molecule has 3 heteroatoms. The number of amides is 1. The van der Waals surface area contributed by atoms with Crippen LogP contribution in [0.25, 0.3) is 0 Å². The average molecular weight is 248 g/mol. The molecule has 0 fully saturated rings. The summed E-state index contributed by atoms with van der Waals surface area (Å²) in [6.45, 7) is 10.7. The summed E-state index contributed by atoms with van der Waals surface area (Å²) in [6.07, 6.45) is 0. The molecule has 3 nitrogen and oxygen atoms in total. The molecule has 0 saturated carbocycles. The van der Waals surface area contributed by atoms with Crippen LogP contribution in [0.1, 0.15) is 37.5 Å². The van der Waals surface area contributed by atoms with Crippen LogP contribution in [0.2, 0.25) is 0 Å². The van der Waals surface area contributed by atoms with Crippen molar-refractivity contribution < 1.29 is 4.79 Å². The molecule has 0 spiro atoms. The Morgan fingerprint density at radius 2 is 1.67 bits per heavy atom. The Balaban J connectivity index is 3.29. The van der Waals surface area contributed by atoms with Gasteiger partial charge in [-0.05, 0) is 36.0 Å². The number of likely N-dealkylation sites (N-methyl/N-ethyl adjacent to an activating group) is 1. The lowest BCUT2D eigenvalue weighted by Gasteiger charge is -2.26. The minimum absolute atomic E-state index is 0.0381. The van der Waals surface area contributed by atoms with Crippen LogP contribution in [0.5, 0.6) is 0 Å². The lowest BCUT2D eigenvalue weighted by molar-refractivity contribution is -0.117. The second-order valence-electron chi connectivity index (χ2n) is 5.87. The number of hydrogen-bond acceptors (Lipinski definition) is 2. The molecule has 1 rings (SSSR count). The quantitative estimate of drug-likeness (QED) is 0.874. The molecule has 0 unspecified atom stereocenters. The fraction of sp³-hybridized carbons (Fsp3) is 0.533. The highest BCUT2D eigenvalue weighted by molar-refractivity contribution is 5.95. The van der Waals surface area contributed by atoms with E-state index in [2.05, 4.69) is 32.9 Å². The molecule has 2 N–H and O–H groups in total. The fourth-order valence-corrected chi connectivity index (χ4v) is 2.18. The number of rotatable bonds is 2. The number of nitrogens with zero attached hydrogens (tertiary/aromatic N) is 1. The van der Waals surface area contributed by atoms with Gasteiger partial charge in [-0.1, -0.05) is 32.9 Å². The van der Waals surface area contributed by atoms with E-state index in [1.54, 1.807) is 11.9 Å². The molecule has 0 saturated heterocycles. The topological polar surface area (TPSA) is 46.3 Å². The van der Waals surface area contributed by atoms with Gasteiger partial charge in [-0.2, -0.15) is 0 Å². The lowest BCUT2D eigenvalue weighted by Crippen LogP contribution is -2.33. The molecule has 0 aliphatic heterocycles. The largest absolute Gasteiger partial charge is 0.322 e. The first-order valence-electron chi connectivity index (χ1n) is 6.27. The van der Waals surface area contributed by atoms with Crippen molar-refractivity contribution >= 4 is 11.6 Å². The maximum Gasteiger partial charge on any atom is 0.240 e. The standard InChI is InChI=1S/C15H24N2O/c1-10-7-12(15(3,4)5)8-11(2)14(10)17(6)13(18)9-16/h7-8H,9,16H2,1-6H3. The van der Waals surface area contributed by atoms with E-state index in [-0.39, 0.29) is 17.9 Å². The normalized spacial score (nSPS) is 11.5. The number of carbonyl (C=O) groups is 1. The van der Waals surface area contributed by atoms with E-state index >= 15 is 0 Å². The second kappa shape index (κ2) is 5.11. The van der Waals surface area contributed by atoms with Crippen LogP contribution < -0.4 is 10.6 Å².